The summed E-state index contributed by atoms with van der Waals surface area (Å²) in [5, 5.41) is 20.3. The molecule has 0 saturated heterocycles. The first kappa shape index (κ1) is 18.5. The maximum absolute atomic E-state index is 12.5. The number of carbonyl (C=O) groups excluding carboxylic acids is 1. The Labute approximate surface area is 156 Å². The minimum atomic E-state index is -0.350. The lowest BCUT2D eigenvalue weighted by atomic mass is 9.95. The predicted octanol–water partition coefficient (Wildman–Crippen LogP) is 3.46. The number of hydrogen-bond donors (Lipinski definition) is 2. The van der Waals surface area contributed by atoms with Crippen LogP contribution in [0.15, 0.2) is 11.2 Å². The van der Waals surface area contributed by atoms with Gasteiger partial charge < -0.3 is 14.9 Å². The molecule has 2 aromatic rings. The Balaban J connectivity index is 2.05. The van der Waals surface area contributed by atoms with E-state index in [0.29, 0.717) is 34.0 Å². The lowest BCUT2D eigenvalue weighted by Gasteiger charge is -2.11. The summed E-state index contributed by atoms with van der Waals surface area (Å²) in [4.78, 5) is 22.2. The van der Waals surface area contributed by atoms with Gasteiger partial charge in [0, 0.05) is 28.4 Å². The number of aromatic nitrogens is 1. The molecule has 0 unspecified atom stereocenters. The van der Waals surface area contributed by atoms with Gasteiger partial charge in [0.15, 0.2) is 0 Å². The molecule has 0 radical (unpaired) electrons. The number of thiophene rings is 1. The fourth-order valence-electron chi connectivity index (χ4n) is 3.10. The SMILES string of the molecule is CCOC(=O)c1c(N=Cc2c(CO)cnc(C)c2O)sc2c1CCCC2. The number of aromatic hydroxyl groups is 1. The molecule has 2 aromatic heterocycles. The lowest BCUT2D eigenvalue weighted by molar-refractivity contribution is 0.0526. The number of aliphatic hydroxyl groups is 1. The maximum Gasteiger partial charge on any atom is 0.341 e. The van der Waals surface area contributed by atoms with Crippen molar-refractivity contribution in [2.75, 3.05) is 6.61 Å². The number of carbonyl (C=O) groups is 1. The predicted molar refractivity (Wildman–Crippen MR) is 101 cm³/mol. The number of ether oxygens (including phenoxy) is 1. The van der Waals surface area contributed by atoms with Crippen LogP contribution in [0, 0.1) is 6.92 Å². The van der Waals surface area contributed by atoms with Crippen molar-refractivity contribution in [3.05, 3.63) is 39.0 Å². The van der Waals surface area contributed by atoms with Crippen molar-refractivity contribution < 1.29 is 19.7 Å². The second-order valence-corrected chi connectivity index (χ2v) is 7.24. The van der Waals surface area contributed by atoms with Gasteiger partial charge in [-0.05, 0) is 45.1 Å². The van der Waals surface area contributed by atoms with Gasteiger partial charge in [0.25, 0.3) is 0 Å². The molecule has 7 heteroatoms. The van der Waals surface area contributed by atoms with E-state index in [-0.39, 0.29) is 18.3 Å². The molecule has 3 rings (SSSR count). The number of aliphatic hydroxyl groups excluding tert-OH is 1. The third-order valence-electron chi connectivity index (χ3n) is 4.47. The third-order valence-corrected chi connectivity index (χ3v) is 5.67. The Hall–Kier alpha value is -2.25. The molecule has 0 fully saturated rings. The number of esters is 1. The van der Waals surface area contributed by atoms with Crippen LogP contribution < -0.4 is 0 Å². The first-order valence-corrected chi connectivity index (χ1v) is 9.52. The number of aryl methyl sites for hydroxylation is 2. The van der Waals surface area contributed by atoms with E-state index in [9.17, 15) is 15.0 Å². The van der Waals surface area contributed by atoms with Crippen molar-refractivity contribution in [2.45, 2.75) is 46.1 Å². The summed E-state index contributed by atoms with van der Waals surface area (Å²) in [5.41, 5.74) is 2.94. The largest absolute Gasteiger partial charge is 0.505 e. The van der Waals surface area contributed by atoms with Gasteiger partial charge >= 0.3 is 5.97 Å². The third kappa shape index (κ3) is 3.50. The standard InChI is InChI=1S/C19H22N2O4S/c1-3-25-19(24)16-13-6-4-5-7-15(13)26-18(16)21-9-14-12(10-22)8-20-11(2)17(14)23/h8-9,22-23H,3-7,10H2,1-2H3. The highest BCUT2D eigenvalue weighted by Gasteiger charge is 2.26. The molecule has 0 aromatic carbocycles. The highest BCUT2D eigenvalue weighted by Crippen LogP contribution is 2.40. The number of rotatable bonds is 5. The summed E-state index contributed by atoms with van der Waals surface area (Å²) in [5.74, 6) is -0.365. The van der Waals surface area contributed by atoms with Crippen molar-refractivity contribution in [3.63, 3.8) is 0 Å². The van der Waals surface area contributed by atoms with Crippen LogP contribution in [0.4, 0.5) is 5.00 Å². The highest BCUT2D eigenvalue weighted by molar-refractivity contribution is 7.16. The van der Waals surface area contributed by atoms with Gasteiger partial charge in [0.1, 0.15) is 10.8 Å². The zero-order chi connectivity index (χ0) is 18.7. The van der Waals surface area contributed by atoms with Gasteiger partial charge in [-0.15, -0.1) is 11.3 Å². The highest BCUT2D eigenvalue weighted by atomic mass is 32.1. The van der Waals surface area contributed by atoms with E-state index < -0.39 is 0 Å². The summed E-state index contributed by atoms with van der Waals surface area (Å²) < 4.78 is 5.23. The van der Waals surface area contributed by atoms with E-state index in [1.165, 1.54) is 28.6 Å². The molecule has 0 aliphatic heterocycles. The monoisotopic (exact) mass is 374 g/mol. The summed E-state index contributed by atoms with van der Waals surface area (Å²) in [7, 11) is 0. The van der Waals surface area contributed by atoms with Gasteiger partial charge in [0.05, 0.1) is 24.5 Å². The number of pyridine rings is 1. The molecule has 1 aliphatic carbocycles. The average Bonchev–Trinajstić information content (AvgIpc) is 3.01. The average molecular weight is 374 g/mol. The van der Waals surface area contributed by atoms with Crippen LogP contribution >= 0.6 is 11.3 Å². The number of fused-ring (bicyclic) bond motifs is 1. The smallest absolute Gasteiger partial charge is 0.341 e. The van der Waals surface area contributed by atoms with E-state index in [1.807, 2.05) is 0 Å². The van der Waals surface area contributed by atoms with Crippen molar-refractivity contribution in [3.8, 4) is 5.75 Å². The second kappa shape index (κ2) is 7.97. The normalized spacial score (nSPS) is 13.8. The summed E-state index contributed by atoms with van der Waals surface area (Å²) in [6, 6.07) is 0. The van der Waals surface area contributed by atoms with E-state index in [4.69, 9.17) is 4.74 Å². The summed E-state index contributed by atoms with van der Waals surface area (Å²) in [6.07, 6.45) is 6.98. The number of hydrogen-bond acceptors (Lipinski definition) is 7. The van der Waals surface area contributed by atoms with Crippen molar-refractivity contribution in [1.29, 1.82) is 0 Å². The molecule has 1 aliphatic rings. The first-order valence-electron chi connectivity index (χ1n) is 8.70. The molecular formula is C19H22N2O4S. The zero-order valence-corrected chi connectivity index (χ0v) is 15.7. The molecule has 0 amide bonds. The van der Waals surface area contributed by atoms with Crippen LogP contribution in [-0.2, 0) is 24.2 Å². The lowest BCUT2D eigenvalue weighted by Crippen LogP contribution is -2.09. The Bertz CT molecular complexity index is 858. The number of nitrogens with zero attached hydrogens (tertiary/aromatic N) is 2. The van der Waals surface area contributed by atoms with Gasteiger partial charge in [-0.25, -0.2) is 9.79 Å². The van der Waals surface area contributed by atoms with Gasteiger partial charge in [-0.1, -0.05) is 0 Å². The fourth-order valence-corrected chi connectivity index (χ4v) is 4.32. The maximum atomic E-state index is 12.5. The van der Waals surface area contributed by atoms with Gasteiger partial charge in [-0.3, -0.25) is 4.98 Å². The molecular weight excluding hydrogens is 352 g/mol. The van der Waals surface area contributed by atoms with Crippen LogP contribution in [0.3, 0.4) is 0 Å². The molecule has 138 valence electrons. The molecule has 0 atom stereocenters. The Morgan fingerprint density at radius 3 is 2.92 bits per heavy atom. The zero-order valence-electron chi connectivity index (χ0n) is 14.9. The molecule has 26 heavy (non-hydrogen) atoms. The van der Waals surface area contributed by atoms with E-state index in [0.717, 1.165) is 31.2 Å². The topological polar surface area (TPSA) is 92.0 Å². The minimum absolute atomic E-state index is 0.0145. The van der Waals surface area contributed by atoms with E-state index in [2.05, 4.69) is 9.98 Å². The van der Waals surface area contributed by atoms with Crippen LogP contribution in [0.2, 0.25) is 0 Å². The van der Waals surface area contributed by atoms with Crippen LogP contribution in [0.1, 0.15) is 57.4 Å². The quantitative estimate of drug-likeness (QED) is 0.618. The summed E-state index contributed by atoms with van der Waals surface area (Å²) in [6.45, 7) is 3.52. The van der Waals surface area contributed by atoms with E-state index >= 15 is 0 Å². The van der Waals surface area contributed by atoms with Gasteiger partial charge in [-0.2, -0.15) is 0 Å². The summed E-state index contributed by atoms with van der Waals surface area (Å²) >= 11 is 1.50. The molecule has 0 saturated carbocycles. The van der Waals surface area contributed by atoms with Gasteiger partial charge in [0.2, 0.25) is 0 Å². The molecule has 0 bridgehead atoms. The number of aliphatic imine (C=N–C) groups is 1. The Morgan fingerprint density at radius 2 is 2.19 bits per heavy atom. The first-order chi connectivity index (χ1) is 12.6. The molecule has 2 N–H and O–H groups in total. The van der Waals surface area contributed by atoms with Crippen molar-refractivity contribution in [2.24, 2.45) is 4.99 Å². The van der Waals surface area contributed by atoms with Crippen molar-refractivity contribution >= 4 is 28.5 Å². The molecule has 6 nitrogen and oxygen atoms in total. The van der Waals surface area contributed by atoms with Crippen LogP contribution in [-0.4, -0.2) is 34.0 Å². The van der Waals surface area contributed by atoms with Crippen LogP contribution in [0.25, 0.3) is 0 Å². The van der Waals surface area contributed by atoms with Crippen LogP contribution in [0.5, 0.6) is 5.75 Å². The Morgan fingerprint density at radius 1 is 1.42 bits per heavy atom. The minimum Gasteiger partial charge on any atom is -0.505 e. The second-order valence-electron chi connectivity index (χ2n) is 6.16. The molecule has 0 spiro atoms. The Kier molecular flexibility index (Phi) is 5.68. The van der Waals surface area contributed by atoms with E-state index in [1.54, 1.807) is 13.8 Å². The fraction of sp³-hybridized carbons (Fsp3) is 0.421. The van der Waals surface area contributed by atoms with Crippen molar-refractivity contribution in [1.82, 2.24) is 4.98 Å². The molecule has 2 heterocycles.